The van der Waals surface area contributed by atoms with Gasteiger partial charge in [-0.1, -0.05) is 0 Å². The van der Waals surface area contributed by atoms with Crippen LogP contribution in [0.25, 0.3) is 22.5 Å². The molecule has 17 heteroatoms. The standard InChI is InChI=1S/C20H18FN7O.C15H16N4.C4H4FN3/c1-12-8-13(4-6-23-12)15-2-3-16-19(24-15)28(14-5-7-27(16)11-14)20(29)26-18-10-22-9-17(21)25-18;1-10-8-11(4-6-16-10)13-2-3-14-15(18-13)17-12-5-7-19(14)9-12;5-3-1-7-2-4(6)8-3/h2-4,6,8-10,14H,5,7,11H2,1H3,(H,25,26,29);2-4,6,8,12H,5,7,9H2,1H3,(H,17,18);1-2H,(H2,6,8)/t14-;12-;/m00./s1. The molecule has 284 valence electrons. The number of anilines is 6. The zero-order chi connectivity index (χ0) is 38.8. The minimum Gasteiger partial charge on any atom is -0.382 e. The first-order chi connectivity index (χ1) is 27.2. The minimum atomic E-state index is -0.748. The number of carbonyl (C=O) groups is 1. The molecule has 10 rings (SSSR count). The van der Waals surface area contributed by atoms with E-state index in [4.69, 9.17) is 15.7 Å². The van der Waals surface area contributed by atoms with E-state index >= 15 is 0 Å². The number of rotatable bonds is 3. The summed E-state index contributed by atoms with van der Waals surface area (Å²) < 4.78 is 25.3. The third-order valence-electron chi connectivity index (χ3n) is 9.76. The zero-order valence-electron chi connectivity index (χ0n) is 30.6. The van der Waals surface area contributed by atoms with E-state index in [0.29, 0.717) is 11.9 Å². The van der Waals surface area contributed by atoms with E-state index in [1.165, 1.54) is 24.5 Å². The number of halogens is 2. The number of aromatic nitrogens is 8. The van der Waals surface area contributed by atoms with Crippen LogP contribution in [0.2, 0.25) is 0 Å². The lowest BCUT2D eigenvalue weighted by molar-refractivity contribution is 0.254. The number of nitrogen functional groups attached to an aromatic ring is 1. The molecule has 0 aromatic carbocycles. The average molecular weight is 757 g/mol. The van der Waals surface area contributed by atoms with Gasteiger partial charge < -0.3 is 20.9 Å². The first-order valence-electron chi connectivity index (χ1n) is 18.1. The fraction of sp³-hybridized carbons (Fsp3) is 0.256. The number of carbonyl (C=O) groups excluding carboxylic acids is 1. The molecule has 0 aliphatic carbocycles. The monoisotopic (exact) mass is 756 g/mol. The normalized spacial score (nSPS) is 17.0. The first-order valence-corrected chi connectivity index (χ1v) is 18.1. The Morgan fingerprint density at radius 1 is 0.768 bits per heavy atom. The number of pyridine rings is 4. The quantitative estimate of drug-likeness (QED) is 0.201. The molecule has 4 bridgehead atoms. The molecule has 2 atom stereocenters. The van der Waals surface area contributed by atoms with Gasteiger partial charge in [0.2, 0.25) is 11.9 Å². The fourth-order valence-electron chi connectivity index (χ4n) is 7.23. The van der Waals surface area contributed by atoms with Crippen LogP contribution in [0, 0.1) is 25.7 Å². The Morgan fingerprint density at radius 3 is 2.07 bits per heavy atom. The summed E-state index contributed by atoms with van der Waals surface area (Å²) in [5.74, 6) is 0.392. The molecule has 0 saturated carbocycles. The highest BCUT2D eigenvalue weighted by Crippen LogP contribution is 2.40. The summed E-state index contributed by atoms with van der Waals surface area (Å²) in [6.45, 7) is 7.78. The van der Waals surface area contributed by atoms with Crippen molar-refractivity contribution in [3.8, 4) is 22.5 Å². The summed E-state index contributed by atoms with van der Waals surface area (Å²) in [5, 5.41) is 6.19. The van der Waals surface area contributed by atoms with Gasteiger partial charge in [0.1, 0.15) is 5.82 Å². The maximum absolute atomic E-state index is 13.4. The van der Waals surface area contributed by atoms with Gasteiger partial charge in [0.15, 0.2) is 17.5 Å². The molecule has 56 heavy (non-hydrogen) atoms. The number of urea groups is 1. The van der Waals surface area contributed by atoms with Gasteiger partial charge in [0.25, 0.3) is 0 Å². The molecule has 2 fully saturated rings. The van der Waals surface area contributed by atoms with Crippen LogP contribution in [0.3, 0.4) is 0 Å². The highest BCUT2D eigenvalue weighted by molar-refractivity contribution is 6.04. The van der Waals surface area contributed by atoms with Crippen LogP contribution in [0.5, 0.6) is 0 Å². The van der Waals surface area contributed by atoms with Gasteiger partial charge >= 0.3 is 6.03 Å². The Morgan fingerprint density at radius 2 is 1.41 bits per heavy atom. The van der Waals surface area contributed by atoms with Crippen LogP contribution in [0.15, 0.2) is 85.7 Å². The predicted octanol–water partition coefficient (Wildman–Crippen LogP) is 5.67. The number of fused-ring (bicyclic) bond motifs is 8. The largest absolute Gasteiger partial charge is 0.382 e. The lowest BCUT2D eigenvalue weighted by Crippen LogP contribution is -2.48. The average Bonchev–Trinajstić information content (AvgIpc) is 3.79. The van der Waals surface area contributed by atoms with Crippen molar-refractivity contribution in [2.24, 2.45) is 0 Å². The molecule has 2 amide bonds. The second-order valence-electron chi connectivity index (χ2n) is 13.7. The molecular formula is C39H38F2N14O. The molecule has 10 heterocycles. The van der Waals surface area contributed by atoms with Crippen molar-refractivity contribution in [2.45, 2.75) is 38.8 Å². The molecular weight excluding hydrogens is 719 g/mol. The Hall–Kier alpha value is -6.91. The van der Waals surface area contributed by atoms with E-state index in [9.17, 15) is 13.6 Å². The van der Waals surface area contributed by atoms with E-state index in [1.54, 1.807) is 11.1 Å². The van der Waals surface area contributed by atoms with E-state index < -0.39 is 17.9 Å². The van der Waals surface area contributed by atoms with Crippen LogP contribution in [-0.4, -0.2) is 84.2 Å². The topological polar surface area (TPSA) is 180 Å². The van der Waals surface area contributed by atoms with Gasteiger partial charge in [0.05, 0.1) is 53.6 Å². The SMILES string of the molecule is Cc1cc(-c2ccc3c(n2)N(C(=O)Nc2cncc(F)n2)[C@H]2CCN3C2)ccn1.Cc1cc(-c2ccc3c(n2)N[C@H]2CCN3C2)ccn1.Nc1cncc(F)n1. The Labute approximate surface area is 321 Å². The van der Waals surface area contributed by atoms with Crippen LogP contribution in [0.1, 0.15) is 24.2 Å². The maximum atomic E-state index is 13.4. The molecule has 15 nitrogen and oxygen atoms in total. The fourth-order valence-corrected chi connectivity index (χ4v) is 7.23. The lowest BCUT2D eigenvalue weighted by Gasteiger charge is -2.35. The van der Waals surface area contributed by atoms with E-state index in [2.05, 4.69) is 68.5 Å². The van der Waals surface area contributed by atoms with Gasteiger partial charge in [-0.15, -0.1) is 0 Å². The highest BCUT2D eigenvalue weighted by atomic mass is 19.1. The van der Waals surface area contributed by atoms with Crippen molar-refractivity contribution in [3.63, 3.8) is 0 Å². The van der Waals surface area contributed by atoms with Crippen LogP contribution in [-0.2, 0) is 0 Å². The third kappa shape index (κ3) is 7.82. The smallest absolute Gasteiger partial charge is 0.329 e. The number of nitrogens with two attached hydrogens (primary N) is 1. The predicted molar refractivity (Wildman–Crippen MR) is 209 cm³/mol. The van der Waals surface area contributed by atoms with Crippen molar-refractivity contribution >= 4 is 40.7 Å². The Kier molecular flexibility index (Phi) is 9.95. The molecule has 4 aliphatic heterocycles. The van der Waals surface area contributed by atoms with Crippen molar-refractivity contribution in [2.75, 3.05) is 57.2 Å². The van der Waals surface area contributed by atoms with Crippen LogP contribution in [0.4, 0.5) is 48.2 Å². The number of nitrogens with zero attached hydrogens (tertiary/aromatic N) is 11. The second kappa shape index (κ2) is 15.4. The third-order valence-corrected chi connectivity index (χ3v) is 9.76. The molecule has 6 aromatic heterocycles. The number of amides is 2. The number of hydrogen-bond donors (Lipinski definition) is 3. The van der Waals surface area contributed by atoms with Crippen molar-refractivity contribution in [1.29, 1.82) is 0 Å². The second-order valence-corrected chi connectivity index (χ2v) is 13.7. The first kappa shape index (κ1) is 36.1. The van der Waals surface area contributed by atoms with E-state index in [-0.39, 0.29) is 17.7 Å². The van der Waals surface area contributed by atoms with Crippen molar-refractivity contribution in [3.05, 3.63) is 109 Å². The van der Waals surface area contributed by atoms with E-state index in [1.807, 2.05) is 50.4 Å². The number of hydrogen-bond acceptors (Lipinski definition) is 13. The minimum absolute atomic E-state index is 0.00838. The van der Waals surface area contributed by atoms with Crippen molar-refractivity contribution in [1.82, 2.24) is 39.9 Å². The summed E-state index contributed by atoms with van der Waals surface area (Å²) in [4.78, 5) is 51.5. The van der Waals surface area contributed by atoms with Crippen LogP contribution >= 0.6 is 0 Å². The zero-order valence-corrected chi connectivity index (χ0v) is 30.6. The molecule has 4 aliphatic rings. The molecule has 0 spiro atoms. The van der Waals surface area contributed by atoms with Gasteiger partial charge in [0, 0.05) is 67.1 Å². The Balaban J connectivity index is 0.000000139. The van der Waals surface area contributed by atoms with Crippen LogP contribution < -0.4 is 31.1 Å². The number of aryl methyl sites for hydroxylation is 2. The molecule has 4 N–H and O–H groups in total. The van der Waals surface area contributed by atoms with Crippen molar-refractivity contribution < 1.29 is 13.6 Å². The molecule has 0 unspecified atom stereocenters. The highest BCUT2D eigenvalue weighted by Gasteiger charge is 2.40. The van der Waals surface area contributed by atoms with Gasteiger partial charge in [-0.2, -0.15) is 18.7 Å². The molecule has 2 saturated heterocycles. The molecule has 6 aromatic rings. The number of nitrogens with one attached hydrogen (secondary N) is 2. The lowest BCUT2D eigenvalue weighted by atomic mass is 10.1. The molecule has 0 radical (unpaired) electrons. The van der Waals surface area contributed by atoms with Gasteiger partial charge in [-0.3, -0.25) is 30.2 Å². The van der Waals surface area contributed by atoms with Gasteiger partial charge in [-0.25, -0.2) is 14.8 Å². The summed E-state index contributed by atoms with van der Waals surface area (Å²) in [6, 6.07) is 16.3. The summed E-state index contributed by atoms with van der Waals surface area (Å²) in [7, 11) is 0. The summed E-state index contributed by atoms with van der Waals surface area (Å²) in [6.07, 6.45) is 10.2. The van der Waals surface area contributed by atoms with E-state index in [0.717, 1.165) is 90.4 Å². The maximum Gasteiger partial charge on any atom is 0.329 e. The Bertz CT molecular complexity index is 2380. The van der Waals surface area contributed by atoms with Gasteiger partial charge in [-0.05, 0) is 75.2 Å². The summed E-state index contributed by atoms with van der Waals surface area (Å²) in [5.41, 5.74) is 13.0. The summed E-state index contributed by atoms with van der Waals surface area (Å²) >= 11 is 0.